The zero-order valence-corrected chi connectivity index (χ0v) is 13.6. The predicted octanol–water partition coefficient (Wildman–Crippen LogP) is 2.49. The van der Waals surface area contributed by atoms with Crippen molar-refractivity contribution in [1.82, 2.24) is 15.1 Å². The standard InChI is InChI=1S/C17H20F2N4O2/c18-17(19)25-13-3-1-2-12(8-13)15-14(10-21-22-15)16(24)23-6-4-11(9-20)5-7-23/h1-3,8,10-11,17H,4-7,9,20H2,(H,21,22). The highest BCUT2D eigenvalue weighted by Crippen LogP contribution is 2.27. The van der Waals surface area contributed by atoms with Crippen molar-refractivity contribution in [2.24, 2.45) is 11.7 Å². The number of hydrogen-bond acceptors (Lipinski definition) is 4. The third-order valence-electron chi connectivity index (χ3n) is 4.45. The van der Waals surface area contributed by atoms with E-state index in [-0.39, 0.29) is 11.7 Å². The Balaban J connectivity index is 1.80. The number of carbonyl (C=O) groups is 1. The van der Waals surface area contributed by atoms with E-state index in [0.29, 0.717) is 42.4 Å². The summed E-state index contributed by atoms with van der Waals surface area (Å²) in [4.78, 5) is 14.6. The van der Waals surface area contributed by atoms with Crippen molar-refractivity contribution in [2.45, 2.75) is 19.5 Å². The van der Waals surface area contributed by atoms with Gasteiger partial charge in [0.05, 0.1) is 17.5 Å². The van der Waals surface area contributed by atoms with Crippen molar-refractivity contribution in [1.29, 1.82) is 0 Å². The molecule has 25 heavy (non-hydrogen) atoms. The number of aromatic nitrogens is 2. The molecule has 0 spiro atoms. The second-order valence-electron chi connectivity index (χ2n) is 6.04. The van der Waals surface area contributed by atoms with Crippen molar-refractivity contribution >= 4 is 5.91 Å². The van der Waals surface area contributed by atoms with Crippen LogP contribution in [0.3, 0.4) is 0 Å². The van der Waals surface area contributed by atoms with Crippen molar-refractivity contribution in [3.8, 4) is 17.0 Å². The molecule has 0 radical (unpaired) electrons. The van der Waals surface area contributed by atoms with Crippen molar-refractivity contribution in [2.75, 3.05) is 19.6 Å². The number of aromatic amines is 1. The molecule has 3 N–H and O–H groups in total. The van der Waals surface area contributed by atoms with Crippen molar-refractivity contribution < 1.29 is 18.3 Å². The first-order chi connectivity index (χ1) is 12.1. The third-order valence-corrected chi connectivity index (χ3v) is 4.45. The number of nitrogens with two attached hydrogens (primary N) is 1. The first-order valence-corrected chi connectivity index (χ1v) is 8.16. The lowest BCUT2D eigenvalue weighted by molar-refractivity contribution is -0.0498. The van der Waals surface area contributed by atoms with Crippen LogP contribution in [0.5, 0.6) is 5.75 Å². The zero-order chi connectivity index (χ0) is 17.8. The number of nitrogens with one attached hydrogen (secondary N) is 1. The van der Waals surface area contributed by atoms with Gasteiger partial charge >= 0.3 is 6.61 Å². The number of halogens is 2. The van der Waals surface area contributed by atoms with Gasteiger partial charge < -0.3 is 15.4 Å². The lowest BCUT2D eigenvalue weighted by atomic mass is 9.96. The molecule has 1 aromatic carbocycles. The summed E-state index contributed by atoms with van der Waals surface area (Å²) in [5.74, 6) is 0.361. The molecule has 1 amide bonds. The molecular formula is C17H20F2N4O2. The highest BCUT2D eigenvalue weighted by molar-refractivity contribution is 5.99. The first kappa shape index (κ1) is 17.3. The number of likely N-dealkylation sites (tertiary alicyclic amines) is 1. The van der Waals surface area contributed by atoms with Crippen molar-refractivity contribution in [3.63, 3.8) is 0 Å². The molecule has 1 aliphatic heterocycles. The summed E-state index contributed by atoms with van der Waals surface area (Å²) in [5, 5.41) is 6.74. The monoisotopic (exact) mass is 350 g/mol. The Kier molecular flexibility index (Phi) is 5.28. The highest BCUT2D eigenvalue weighted by atomic mass is 19.3. The minimum atomic E-state index is -2.90. The SMILES string of the molecule is NCC1CCN(C(=O)c2cn[nH]c2-c2cccc(OC(F)F)c2)CC1. The normalized spacial score (nSPS) is 15.6. The zero-order valence-electron chi connectivity index (χ0n) is 13.6. The number of amides is 1. The van der Waals surface area contributed by atoms with E-state index >= 15 is 0 Å². The van der Waals surface area contributed by atoms with Gasteiger partial charge in [-0.1, -0.05) is 12.1 Å². The maximum Gasteiger partial charge on any atom is 0.387 e. The Labute approximate surface area is 144 Å². The summed E-state index contributed by atoms with van der Waals surface area (Å²) in [6.07, 6.45) is 3.23. The molecular weight excluding hydrogens is 330 g/mol. The number of benzene rings is 1. The Morgan fingerprint density at radius 2 is 2.16 bits per heavy atom. The van der Waals surface area contributed by atoms with E-state index in [1.165, 1.54) is 18.3 Å². The maximum atomic E-state index is 12.8. The van der Waals surface area contributed by atoms with Gasteiger partial charge in [-0.15, -0.1) is 0 Å². The molecule has 3 rings (SSSR count). The predicted molar refractivity (Wildman–Crippen MR) is 88.3 cm³/mol. The second-order valence-corrected chi connectivity index (χ2v) is 6.04. The van der Waals surface area contributed by atoms with Gasteiger partial charge in [-0.2, -0.15) is 13.9 Å². The number of hydrogen-bond donors (Lipinski definition) is 2. The number of H-pyrrole nitrogens is 1. The number of ether oxygens (including phenoxy) is 1. The molecule has 0 unspecified atom stereocenters. The first-order valence-electron chi connectivity index (χ1n) is 8.16. The molecule has 1 saturated heterocycles. The van der Waals surface area contributed by atoms with Gasteiger partial charge in [-0.05, 0) is 37.4 Å². The van der Waals surface area contributed by atoms with Crippen molar-refractivity contribution in [3.05, 3.63) is 36.0 Å². The van der Waals surface area contributed by atoms with E-state index in [9.17, 15) is 13.6 Å². The van der Waals surface area contributed by atoms with Crippen LogP contribution in [-0.2, 0) is 0 Å². The van der Waals surface area contributed by atoms with E-state index in [4.69, 9.17) is 5.73 Å². The Hall–Kier alpha value is -2.48. The van der Waals surface area contributed by atoms with Gasteiger partial charge in [0.15, 0.2) is 0 Å². The molecule has 8 heteroatoms. The van der Waals surface area contributed by atoms with Crippen LogP contribution in [0.4, 0.5) is 8.78 Å². The molecule has 1 aliphatic rings. The molecule has 2 aromatic rings. The summed E-state index contributed by atoms with van der Waals surface area (Å²) >= 11 is 0. The average molecular weight is 350 g/mol. The third kappa shape index (κ3) is 3.96. The fourth-order valence-electron chi connectivity index (χ4n) is 3.04. The van der Waals surface area contributed by atoms with E-state index in [0.717, 1.165) is 12.8 Å². The van der Waals surface area contributed by atoms with Crippen LogP contribution in [0.2, 0.25) is 0 Å². The fraction of sp³-hybridized carbons (Fsp3) is 0.412. The van der Waals surface area contributed by atoms with Crippen LogP contribution in [-0.4, -0.2) is 47.3 Å². The van der Waals surface area contributed by atoms with Gasteiger partial charge in [0.25, 0.3) is 5.91 Å². The van der Waals surface area contributed by atoms with Crippen LogP contribution in [0.25, 0.3) is 11.3 Å². The van der Waals surface area contributed by atoms with E-state index < -0.39 is 6.61 Å². The number of carbonyl (C=O) groups excluding carboxylic acids is 1. The van der Waals surface area contributed by atoms with E-state index in [1.807, 2.05) is 0 Å². The number of piperidine rings is 1. The highest BCUT2D eigenvalue weighted by Gasteiger charge is 2.26. The van der Waals surface area contributed by atoms with Crippen LogP contribution >= 0.6 is 0 Å². The molecule has 1 fully saturated rings. The Morgan fingerprint density at radius 1 is 1.40 bits per heavy atom. The summed E-state index contributed by atoms with van der Waals surface area (Å²) < 4.78 is 29.2. The average Bonchev–Trinajstić information content (AvgIpc) is 3.10. The molecule has 2 heterocycles. The van der Waals surface area contributed by atoms with Gasteiger partial charge in [0.2, 0.25) is 0 Å². The van der Waals surface area contributed by atoms with Gasteiger partial charge in [0.1, 0.15) is 5.75 Å². The molecule has 0 saturated carbocycles. The van der Waals surface area contributed by atoms with Gasteiger partial charge in [-0.3, -0.25) is 9.89 Å². The Morgan fingerprint density at radius 3 is 2.84 bits per heavy atom. The smallest absolute Gasteiger partial charge is 0.387 e. The number of nitrogens with zero attached hydrogens (tertiary/aromatic N) is 2. The van der Waals surface area contributed by atoms with Crippen LogP contribution in [0.15, 0.2) is 30.5 Å². The van der Waals surface area contributed by atoms with E-state index in [2.05, 4.69) is 14.9 Å². The summed E-state index contributed by atoms with van der Waals surface area (Å²) in [6.45, 7) is -0.961. The maximum absolute atomic E-state index is 12.8. The van der Waals surface area contributed by atoms with Crippen LogP contribution < -0.4 is 10.5 Å². The molecule has 0 atom stereocenters. The summed E-state index contributed by atoms with van der Waals surface area (Å²) in [7, 11) is 0. The van der Waals surface area contributed by atoms with Crippen LogP contribution in [0, 0.1) is 5.92 Å². The minimum absolute atomic E-state index is 0.0317. The molecule has 0 aliphatic carbocycles. The lowest BCUT2D eigenvalue weighted by Gasteiger charge is -2.31. The van der Waals surface area contributed by atoms with Gasteiger partial charge in [-0.25, -0.2) is 0 Å². The quantitative estimate of drug-likeness (QED) is 0.868. The lowest BCUT2D eigenvalue weighted by Crippen LogP contribution is -2.40. The minimum Gasteiger partial charge on any atom is -0.435 e. The topological polar surface area (TPSA) is 84.2 Å². The molecule has 134 valence electrons. The summed E-state index contributed by atoms with van der Waals surface area (Å²) in [6, 6.07) is 6.19. The number of rotatable bonds is 5. The van der Waals surface area contributed by atoms with E-state index in [1.54, 1.807) is 17.0 Å². The van der Waals surface area contributed by atoms with Crippen LogP contribution in [0.1, 0.15) is 23.2 Å². The van der Waals surface area contributed by atoms with Gasteiger partial charge in [0, 0.05) is 18.7 Å². The molecule has 6 nitrogen and oxygen atoms in total. The second kappa shape index (κ2) is 7.60. The molecule has 1 aromatic heterocycles. The molecule has 0 bridgehead atoms. The largest absolute Gasteiger partial charge is 0.435 e. The number of alkyl halides is 2. The fourth-order valence-corrected chi connectivity index (χ4v) is 3.04. The summed E-state index contributed by atoms with van der Waals surface area (Å²) in [5.41, 5.74) is 7.16. The Bertz CT molecular complexity index is 727.